The van der Waals surface area contributed by atoms with E-state index in [4.69, 9.17) is 27.9 Å². The summed E-state index contributed by atoms with van der Waals surface area (Å²) in [6, 6.07) is 5.01. The zero-order valence-corrected chi connectivity index (χ0v) is 17.4. The predicted molar refractivity (Wildman–Crippen MR) is 106 cm³/mol. The molecule has 2 heterocycles. The molecule has 0 saturated carbocycles. The molecule has 0 spiro atoms. The van der Waals surface area contributed by atoms with Gasteiger partial charge in [0.05, 0.1) is 10.8 Å². The molecular formula is C15H14Cl2N6O2S2. The minimum Gasteiger partial charge on any atom is -0.481 e. The molecule has 2 aromatic heterocycles. The van der Waals surface area contributed by atoms with Gasteiger partial charge in [0.25, 0.3) is 0 Å². The van der Waals surface area contributed by atoms with Gasteiger partial charge in [0.15, 0.2) is 17.1 Å². The molecule has 0 saturated heterocycles. The molecule has 1 unspecified atom stereocenters. The number of halogens is 2. The molecule has 0 bridgehead atoms. The van der Waals surface area contributed by atoms with Gasteiger partial charge in [-0.1, -0.05) is 46.3 Å². The van der Waals surface area contributed by atoms with Crippen molar-refractivity contribution >= 4 is 57.3 Å². The molecule has 12 heteroatoms. The molecule has 1 atom stereocenters. The smallest absolute Gasteiger partial charge is 0.236 e. The van der Waals surface area contributed by atoms with Crippen molar-refractivity contribution in [3.05, 3.63) is 39.6 Å². The van der Waals surface area contributed by atoms with Gasteiger partial charge in [0.2, 0.25) is 11.0 Å². The number of nitrogens with zero attached hydrogens (tertiary/aromatic N) is 5. The summed E-state index contributed by atoms with van der Waals surface area (Å²) in [5, 5.41) is 20.4. The highest BCUT2D eigenvalue weighted by Gasteiger charge is 2.19. The van der Waals surface area contributed by atoms with Gasteiger partial charge in [0, 0.05) is 12.1 Å². The highest BCUT2D eigenvalue weighted by atomic mass is 35.5. The molecule has 3 rings (SSSR count). The predicted octanol–water partition coefficient (Wildman–Crippen LogP) is 3.84. The van der Waals surface area contributed by atoms with E-state index in [9.17, 15) is 4.79 Å². The molecule has 0 fully saturated rings. The fourth-order valence-corrected chi connectivity index (χ4v) is 3.77. The van der Waals surface area contributed by atoms with Crippen LogP contribution in [-0.2, 0) is 11.8 Å². The van der Waals surface area contributed by atoms with Crippen molar-refractivity contribution in [1.29, 1.82) is 0 Å². The summed E-state index contributed by atoms with van der Waals surface area (Å²) in [5.41, 5.74) is 1.55. The average Bonchev–Trinajstić information content (AvgIpc) is 3.25. The number of anilines is 1. The fourth-order valence-electron chi connectivity index (χ4n) is 2.13. The SMILES string of the molecule is CC(Oc1ccc(Cl)cc1Cl)c1nnc(SCC(=O)Nc2nncs2)n1C. The second-order valence-corrected chi connectivity index (χ2v) is 7.93. The highest BCUT2D eigenvalue weighted by Crippen LogP contribution is 2.31. The van der Waals surface area contributed by atoms with Crippen molar-refractivity contribution in [2.75, 3.05) is 11.1 Å². The Morgan fingerprint density at radius 2 is 2.19 bits per heavy atom. The summed E-state index contributed by atoms with van der Waals surface area (Å²) >= 11 is 14.6. The fraction of sp³-hybridized carbons (Fsp3) is 0.267. The third kappa shape index (κ3) is 5.10. The number of hydrogen-bond acceptors (Lipinski definition) is 8. The largest absolute Gasteiger partial charge is 0.481 e. The summed E-state index contributed by atoms with van der Waals surface area (Å²) in [5.74, 6) is 1.08. The van der Waals surface area contributed by atoms with Crippen LogP contribution in [0.25, 0.3) is 0 Å². The van der Waals surface area contributed by atoms with Gasteiger partial charge in [-0.25, -0.2) is 0 Å². The van der Waals surface area contributed by atoms with E-state index >= 15 is 0 Å². The molecule has 3 aromatic rings. The van der Waals surface area contributed by atoms with E-state index in [1.807, 2.05) is 14.0 Å². The molecule has 1 N–H and O–H groups in total. The van der Waals surface area contributed by atoms with Crippen molar-refractivity contribution in [3.8, 4) is 5.75 Å². The van der Waals surface area contributed by atoms with Crippen molar-refractivity contribution in [3.63, 3.8) is 0 Å². The molecule has 8 nitrogen and oxygen atoms in total. The lowest BCUT2D eigenvalue weighted by atomic mass is 10.3. The van der Waals surface area contributed by atoms with Gasteiger partial charge in [-0.3, -0.25) is 10.1 Å². The Kier molecular flexibility index (Phi) is 6.53. The number of carbonyl (C=O) groups excluding carboxylic acids is 1. The van der Waals surface area contributed by atoms with E-state index in [0.29, 0.717) is 31.9 Å². The van der Waals surface area contributed by atoms with Crippen LogP contribution < -0.4 is 10.1 Å². The lowest BCUT2D eigenvalue weighted by molar-refractivity contribution is -0.113. The number of aromatic nitrogens is 5. The van der Waals surface area contributed by atoms with Crippen LogP contribution in [0.15, 0.2) is 28.9 Å². The Hall–Kier alpha value is -1.88. The quantitative estimate of drug-likeness (QED) is 0.552. The van der Waals surface area contributed by atoms with Gasteiger partial charge in [-0.15, -0.1) is 20.4 Å². The summed E-state index contributed by atoms with van der Waals surface area (Å²) in [6.45, 7) is 1.84. The molecule has 142 valence electrons. The van der Waals surface area contributed by atoms with Crippen molar-refractivity contribution in [2.24, 2.45) is 7.05 Å². The first-order valence-corrected chi connectivity index (χ1v) is 10.3. The summed E-state index contributed by atoms with van der Waals surface area (Å²) in [7, 11) is 1.81. The van der Waals surface area contributed by atoms with Gasteiger partial charge in [-0.05, 0) is 25.1 Å². The van der Waals surface area contributed by atoms with Crippen molar-refractivity contribution in [2.45, 2.75) is 18.2 Å². The van der Waals surface area contributed by atoms with Crippen molar-refractivity contribution in [1.82, 2.24) is 25.0 Å². The lowest BCUT2D eigenvalue weighted by Gasteiger charge is -2.15. The summed E-state index contributed by atoms with van der Waals surface area (Å²) in [4.78, 5) is 11.9. The molecular weight excluding hydrogens is 431 g/mol. The molecule has 0 aliphatic rings. The summed E-state index contributed by atoms with van der Waals surface area (Å²) < 4.78 is 7.63. The normalized spacial score (nSPS) is 12.0. The van der Waals surface area contributed by atoms with Crippen LogP contribution in [0.3, 0.4) is 0 Å². The maximum absolute atomic E-state index is 11.9. The minimum absolute atomic E-state index is 0.170. The highest BCUT2D eigenvalue weighted by molar-refractivity contribution is 7.99. The van der Waals surface area contributed by atoms with E-state index in [1.165, 1.54) is 23.1 Å². The molecule has 27 heavy (non-hydrogen) atoms. The van der Waals surface area contributed by atoms with E-state index in [-0.39, 0.29) is 11.7 Å². The minimum atomic E-state index is -0.397. The Morgan fingerprint density at radius 1 is 1.37 bits per heavy atom. The van der Waals surface area contributed by atoms with E-state index in [2.05, 4.69) is 25.7 Å². The lowest BCUT2D eigenvalue weighted by Crippen LogP contribution is -2.14. The van der Waals surface area contributed by atoms with Crippen LogP contribution >= 0.6 is 46.3 Å². The zero-order valence-electron chi connectivity index (χ0n) is 14.2. The second kappa shape index (κ2) is 8.87. The monoisotopic (exact) mass is 444 g/mol. The number of rotatable bonds is 7. The van der Waals surface area contributed by atoms with Gasteiger partial charge >= 0.3 is 0 Å². The number of ether oxygens (including phenoxy) is 1. The summed E-state index contributed by atoms with van der Waals surface area (Å²) in [6.07, 6.45) is -0.397. The van der Waals surface area contributed by atoms with Crippen LogP contribution in [-0.4, -0.2) is 36.6 Å². The molecule has 0 aliphatic heterocycles. The van der Waals surface area contributed by atoms with Gasteiger partial charge < -0.3 is 9.30 Å². The van der Waals surface area contributed by atoms with Gasteiger partial charge in [0.1, 0.15) is 11.3 Å². The number of thioether (sulfide) groups is 1. The van der Waals surface area contributed by atoms with Gasteiger partial charge in [-0.2, -0.15) is 0 Å². The molecule has 0 radical (unpaired) electrons. The Morgan fingerprint density at radius 3 is 2.89 bits per heavy atom. The second-order valence-electron chi connectivity index (χ2n) is 5.32. The Bertz CT molecular complexity index is 935. The maximum atomic E-state index is 11.9. The Balaban J connectivity index is 1.61. The third-order valence-electron chi connectivity index (χ3n) is 3.37. The number of nitrogens with one attached hydrogen (secondary N) is 1. The van der Waals surface area contributed by atoms with Crippen LogP contribution in [0.5, 0.6) is 5.75 Å². The molecule has 0 aliphatic carbocycles. The van der Waals surface area contributed by atoms with E-state index in [0.717, 1.165) is 0 Å². The number of hydrogen-bond donors (Lipinski definition) is 1. The van der Waals surface area contributed by atoms with Crippen LogP contribution in [0.4, 0.5) is 5.13 Å². The van der Waals surface area contributed by atoms with E-state index < -0.39 is 6.10 Å². The standard InChI is InChI=1S/C15H14Cl2N6O2S2/c1-8(25-11-4-3-9(16)5-10(11)17)13-20-22-15(23(13)2)26-6-12(24)19-14-21-18-7-27-14/h3-5,7-8H,6H2,1-2H3,(H,19,21,24). The van der Waals surface area contributed by atoms with Crippen LogP contribution in [0, 0.1) is 0 Å². The van der Waals surface area contributed by atoms with Crippen LogP contribution in [0.2, 0.25) is 10.0 Å². The zero-order chi connectivity index (χ0) is 19.4. The van der Waals surface area contributed by atoms with Crippen LogP contribution in [0.1, 0.15) is 18.9 Å². The topological polar surface area (TPSA) is 94.8 Å². The number of benzene rings is 1. The first kappa shape index (κ1) is 19.9. The Labute approximate surface area is 173 Å². The maximum Gasteiger partial charge on any atom is 0.236 e. The molecule has 1 amide bonds. The first-order chi connectivity index (χ1) is 12.9. The average molecular weight is 445 g/mol. The van der Waals surface area contributed by atoms with Crippen molar-refractivity contribution < 1.29 is 9.53 Å². The molecule has 1 aromatic carbocycles. The van der Waals surface area contributed by atoms with E-state index in [1.54, 1.807) is 28.3 Å². The first-order valence-electron chi connectivity index (χ1n) is 7.64. The number of carbonyl (C=O) groups is 1. The third-order valence-corrected chi connectivity index (χ3v) is 5.53. The number of amides is 1.